The van der Waals surface area contributed by atoms with Crippen LogP contribution in [0, 0.1) is 5.92 Å². The molecule has 0 amide bonds. The highest BCUT2D eigenvalue weighted by Gasteiger charge is 2.03. The number of hydrogen-bond donors (Lipinski definition) is 1. The van der Waals surface area contributed by atoms with Gasteiger partial charge in [0.1, 0.15) is 0 Å². The minimum absolute atomic E-state index is 0.0722. The standard InChI is InChI=1S/C17H30N2O2/c1-4-21-17(20)10-6-5-7-11-19-12-8-9-16(19)14-18-13-15(2)3/h8-9,12,15,18H,4-7,10-11,13-14H2,1-3H3. The molecule has 0 unspecified atom stereocenters. The van der Waals surface area contributed by atoms with E-state index >= 15 is 0 Å². The fraction of sp³-hybridized carbons (Fsp3) is 0.706. The number of carbonyl (C=O) groups is 1. The van der Waals surface area contributed by atoms with Gasteiger partial charge in [-0.05, 0) is 44.4 Å². The molecule has 120 valence electrons. The lowest BCUT2D eigenvalue weighted by molar-refractivity contribution is -0.143. The van der Waals surface area contributed by atoms with E-state index in [2.05, 4.69) is 42.1 Å². The zero-order valence-corrected chi connectivity index (χ0v) is 13.7. The van der Waals surface area contributed by atoms with Crippen molar-refractivity contribution < 1.29 is 9.53 Å². The van der Waals surface area contributed by atoms with E-state index in [0.29, 0.717) is 18.9 Å². The lowest BCUT2D eigenvalue weighted by atomic mass is 10.2. The van der Waals surface area contributed by atoms with Crippen LogP contribution in [-0.4, -0.2) is 23.7 Å². The van der Waals surface area contributed by atoms with Crippen molar-refractivity contribution in [1.29, 1.82) is 0 Å². The van der Waals surface area contributed by atoms with E-state index in [0.717, 1.165) is 38.9 Å². The summed E-state index contributed by atoms with van der Waals surface area (Å²) in [7, 11) is 0. The van der Waals surface area contributed by atoms with E-state index in [1.54, 1.807) is 0 Å². The maximum Gasteiger partial charge on any atom is 0.305 e. The molecule has 0 spiro atoms. The number of unbranched alkanes of at least 4 members (excludes halogenated alkanes) is 2. The molecule has 0 saturated carbocycles. The molecule has 0 aliphatic carbocycles. The van der Waals surface area contributed by atoms with Gasteiger partial charge in [-0.15, -0.1) is 0 Å². The van der Waals surface area contributed by atoms with E-state index in [4.69, 9.17) is 4.74 Å². The average Bonchev–Trinajstić information content (AvgIpc) is 2.86. The van der Waals surface area contributed by atoms with E-state index in [1.807, 2.05) is 6.92 Å². The predicted octanol–water partition coefficient (Wildman–Crippen LogP) is 3.36. The molecule has 21 heavy (non-hydrogen) atoms. The van der Waals surface area contributed by atoms with Crippen molar-refractivity contribution in [2.45, 2.75) is 59.5 Å². The number of aryl methyl sites for hydroxylation is 1. The number of ether oxygens (including phenoxy) is 1. The largest absolute Gasteiger partial charge is 0.466 e. The Morgan fingerprint density at radius 1 is 1.33 bits per heavy atom. The third kappa shape index (κ3) is 7.90. The Morgan fingerprint density at radius 2 is 2.14 bits per heavy atom. The molecule has 0 atom stereocenters. The Hall–Kier alpha value is -1.29. The van der Waals surface area contributed by atoms with Gasteiger partial charge in [0.15, 0.2) is 0 Å². The Labute approximate surface area is 128 Å². The third-order valence-electron chi connectivity index (χ3n) is 3.37. The zero-order valence-electron chi connectivity index (χ0n) is 13.7. The first-order chi connectivity index (χ1) is 10.1. The smallest absolute Gasteiger partial charge is 0.305 e. The summed E-state index contributed by atoms with van der Waals surface area (Å²) in [5, 5.41) is 3.48. The van der Waals surface area contributed by atoms with Gasteiger partial charge in [0, 0.05) is 31.4 Å². The molecule has 0 aliphatic rings. The minimum Gasteiger partial charge on any atom is -0.466 e. The third-order valence-corrected chi connectivity index (χ3v) is 3.37. The Bertz CT molecular complexity index is 399. The molecule has 1 aromatic rings. The fourth-order valence-corrected chi connectivity index (χ4v) is 2.28. The molecule has 4 nitrogen and oxygen atoms in total. The summed E-state index contributed by atoms with van der Waals surface area (Å²) in [6.45, 7) is 9.76. The predicted molar refractivity (Wildman–Crippen MR) is 86.1 cm³/mol. The topological polar surface area (TPSA) is 43.3 Å². The van der Waals surface area contributed by atoms with Crippen LogP contribution in [0.2, 0.25) is 0 Å². The quantitative estimate of drug-likeness (QED) is 0.503. The second-order valence-electron chi connectivity index (χ2n) is 5.83. The van der Waals surface area contributed by atoms with Crippen molar-refractivity contribution in [2.24, 2.45) is 5.92 Å². The lowest BCUT2D eigenvalue weighted by Crippen LogP contribution is -2.20. The van der Waals surface area contributed by atoms with Crippen LogP contribution in [0.3, 0.4) is 0 Å². The highest BCUT2D eigenvalue weighted by molar-refractivity contribution is 5.69. The van der Waals surface area contributed by atoms with Crippen molar-refractivity contribution in [3.8, 4) is 0 Å². The summed E-state index contributed by atoms with van der Waals surface area (Å²) < 4.78 is 7.23. The molecule has 0 aliphatic heterocycles. The number of carbonyl (C=O) groups excluding carboxylic acids is 1. The molecule has 1 N–H and O–H groups in total. The van der Waals surface area contributed by atoms with Crippen LogP contribution in [0.15, 0.2) is 18.3 Å². The summed E-state index contributed by atoms with van der Waals surface area (Å²) in [6, 6.07) is 4.27. The number of hydrogen-bond acceptors (Lipinski definition) is 3. The van der Waals surface area contributed by atoms with Gasteiger partial charge in [-0.1, -0.05) is 20.3 Å². The molecule has 1 aromatic heterocycles. The van der Waals surface area contributed by atoms with Gasteiger partial charge in [-0.2, -0.15) is 0 Å². The second kappa shape index (κ2) is 10.4. The van der Waals surface area contributed by atoms with Crippen LogP contribution in [0.1, 0.15) is 52.1 Å². The summed E-state index contributed by atoms with van der Waals surface area (Å²) in [5.41, 5.74) is 1.33. The van der Waals surface area contributed by atoms with Gasteiger partial charge in [-0.3, -0.25) is 4.79 Å². The molecule has 0 aromatic carbocycles. The monoisotopic (exact) mass is 294 g/mol. The highest BCUT2D eigenvalue weighted by Crippen LogP contribution is 2.08. The number of esters is 1. The number of nitrogens with one attached hydrogen (secondary N) is 1. The van der Waals surface area contributed by atoms with Crippen molar-refractivity contribution in [3.63, 3.8) is 0 Å². The van der Waals surface area contributed by atoms with Crippen molar-refractivity contribution in [2.75, 3.05) is 13.2 Å². The molecule has 0 bridgehead atoms. The first kappa shape index (κ1) is 17.8. The van der Waals surface area contributed by atoms with Crippen LogP contribution in [0.5, 0.6) is 0 Å². The normalized spacial score (nSPS) is 11.0. The van der Waals surface area contributed by atoms with Crippen molar-refractivity contribution >= 4 is 5.97 Å². The van der Waals surface area contributed by atoms with Gasteiger partial charge in [-0.25, -0.2) is 0 Å². The maximum atomic E-state index is 11.2. The highest BCUT2D eigenvalue weighted by atomic mass is 16.5. The summed E-state index contributed by atoms with van der Waals surface area (Å²) in [6.07, 6.45) is 5.77. The summed E-state index contributed by atoms with van der Waals surface area (Å²) in [5.74, 6) is 0.605. The second-order valence-corrected chi connectivity index (χ2v) is 5.83. The molecule has 0 saturated heterocycles. The Morgan fingerprint density at radius 3 is 2.86 bits per heavy atom. The molecule has 1 rings (SSSR count). The first-order valence-corrected chi connectivity index (χ1v) is 8.13. The van der Waals surface area contributed by atoms with E-state index < -0.39 is 0 Å². The lowest BCUT2D eigenvalue weighted by Gasteiger charge is -2.11. The van der Waals surface area contributed by atoms with Crippen LogP contribution >= 0.6 is 0 Å². The van der Waals surface area contributed by atoms with Gasteiger partial charge in [0.05, 0.1) is 6.61 Å². The van der Waals surface area contributed by atoms with Crippen LogP contribution in [0.4, 0.5) is 0 Å². The van der Waals surface area contributed by atoms with Gasteiger partial charge in [0.25, 0.3) is 0 Å². The number of rotatable bonds is 11. The van der Waals surface area contributed by atoms with Crippen LogP contribution in [-0.2, 0) is 22.6 Å². The number of nitrogens with zero attached hydrogens (tertiary/aromatic N) is 1. The van der Waals surface area contributed by atoms with E-state index in [1.165, 1.54) is 5.69 Å². The Balaban J connectivity index is 2.17. The SMILES string of the molecule is CCOC(=O)CCCCCn1cccc1CNCC(C)C. The fourth-order valence-electron chi connectivity index (χ4n) is 2.28. The zero-order chi connectivity index (χ0) is 15.5. The molecular formula is C17H30N2O2. The first-order valence-electron chi connectivity index (χ1n) is 8.13. The van der Waals surface area contributed by atoms with E-state index in [-0.39, 0.29) is 5.97 Å². The maximum absolute atomic E-state index is 11.2. The Kier molecular flexibility index (Phi) is 8.83. The van der Waals surface area contributed by atoms with Gasteiger partial charge < -0.3 is 14.6 Å². The number of aromatic nitrogens is 1. The van der Waals surface area contributed by atoms with Crippen molar-refractivity contribution in [3.05, 3.63) is 24.0 Å². The molecule has 0 radical (unpaired) electrons. The van der Waals surface area contributed by atoms with Gasteiger partial charge in [0.2, 0.25) is 0 Å². The van der Waals surface area contributed by atoms with Crippen molar-refractivity contribution in [1.82, 2.24) is 9.88 Å². The molecule has 0 fully saturated rings. The van der Waals surface area contributed by atoms with Crippen LogP contribution < -0.4 is 5.32 Å². The molecular weight excluding hydrogens is 264 g/mol. The minimum atomic E-state index is -0.0722. The average molecular weight is 294 g/mol. The van der Waals surface area contributed by atoms with E-state index in [9.17, 15) is 4.79 Å². The van der Waals surface area contributed by atoms with Crippen LogP contribution in [0.25, 0.3) is 0 Å². The van der Waals surface area contributed by atoms with Gasteiger partial charge >= 0.3 is 5.97 Å². The summed E-state index contributed by atoms with van der Waals surface area (Å²) in [4.78, 5) is 11.2. The summed E-state index contributed by atoms with van der Waals surface area (Å²) >= 11 is 0. The molecule has 4 heteroatoms. The molecule has 1 heterocycles.